The molecule has 1 fully saturated rings. The number of nitrogens with zero attached hydrogens (tertiary/aromatic N) is 3. The van der Waals surface area contributed by atoms with Gasteiger partial charge in [-0.2, -0.15) is 0 Å². The van der Waals surface area contributed by atoms with Crippen molar-refractivity contribution in [1.29, 1.82) is 0 Å². The van der Waals surface area contributed by atoms with Gasteiger partial charge in [-0.3, -0.25) is 14.4 Å². The normalized spacial score (nSPS) is 20.1. The van der Waals surface area contributed by atoms with E-state index in [1.54, 1.807) is 17.4 Å². The summed E-state index contributed by atoms with van der Waals surface area (Å²) in [4.78, 5) is 49.1. The van der Waals surface area contributed by atoms with Crippen LogP contribution in [0.5, 0.6) is 0 Å². The first-order valence-corrected chi connectivity index (χ1v) is 14.7. The molecule has 1 aromatic heterocycles. The van der Waals surface area contributed by atoms with Gasteiger partial charge in [0, 0.05) is 31.5 Å². The van der Waals surface area contributed by atoms with E-state index in [9.17, 15) is 23.9 Å². The number of likely N-dealkylation sites (tertiary alicyclic amines) is 1. The molecule has 2 aliphatic heterocycles. The number of amides is 2. The SMILES string of the molecule is CC[C@H](C)[C@@H](C(=O)N1C[C@H](O)C[C@H]1C(=O)CCc1ccc(-c2scnc2C)cc1)N1Cc2ccc(F)cc2C1=O. The Morgan fingerprint density at radius 3 is 2.62 bits per heavy atom. The molecule has 9 heteroatoms. The number of aryl methyl sites for hydroxylation is 2. The molecular weight excluding hydrogens is 529 g/mol. The van der Waals surface area contributed by atoms with Crippen LogP contribution >= 0.6 is 11.3 Å². The summed E-state index contributed by atoms with van der Waals surface area (Å²) < 4.78 is 13.9. The second-order valence-corrected chi connectivity index (χ2v) is 11.7. The Hall–Kier alpha value is -3.43. The minimum absolute atomic E-state index is 0.0503. The molecule has 1 N–H and O–H groups in total. The fourth-order valence-corrected chi connectivity index (χ4v) is 6.61. The van der Waals surface area contributed by atoms with Crippen molar-refractivity contribution in [3.63, 3.8) is 0 Å². The van der Waals surface area contributed by atoms with E-state index >= 15 is 0 Å². The average molecular weight is 564 g/mol. The fraction of sp³-hybridized carbons (Fsp3) is 0.419. The van der Waals surface area contributed by atoms with Gasteiger partial charge in [-0.1, -0.05) is 50.6 Å². The zero-order valence-electron chi connectivity index (χ0n) is 23.0. The molecule has 3 heterocycles. The van der Waals surface area contributed by atoms with Gasteiger partial charge in [0.15, 0.2) is 5.78 Å². The maximum absolute atomic E-state index is 14.0. The van der Waals surface area contributed by atoms with E-state index in [4.69, 9.17) is 0 Å². The summed E-state index contributed by atoms with van der Waals surface area (Å²) in [6, 6.07) is 10.6. The highest BCUT2D eigenvalue weighted by Gasteiger charge is 2.46. The second-order valence-electron chi connectivity index (χ2n) is 10.9. The molecule has 2 aromatic carbocycles. The van der Waals surface area contributed by atoms with Gasteiger partial charge in [0.1, 0.15) is 11.9 Å². The van der Waals surface area contributed by atoms with Crippen LogP contribution in [0.4, 0.5) is 4.39 Å². The van der Waals surface area contributed by atoms with Gasteiger partial charge in [0.2, 0.25) is 5.91 Å². The van der Waals surface area contributed by atoms with Gasteiger partial charge < -0.3 is 14.9 Å². The monoisotopic (exact) mass is 563 g/mol. The van der Waals surface area contributed by atoms with Gasteiger partial charge in [-0.25, -0.2) is 9.37 Å². The number of aliphatic hydroxyl groups is 1. The molecule has 5 rings (SSSR count). The molecule has 0 radical (unpaired) electrons. The predicted molar refractivity (Wildman–Crippen MR) is 151 cm³/mol. The Balaban J connectivity index is 1.29. The summed E-state index contributed by atoms with van der Waals surface area (Å²) in [6.07, 6.45) is 0.771. The minimum atomic E-state index is -0.809. The van der Waals surface area contributed by atoms with Crippen molar-refractivity contribution in [3.8, 4) is 10.4 Å². The summed E-state index contributed by atoms with van der Waals surface area (Å²) >= 11 is 1.59. The molecule has 3 aromatic rings. The molecule has 2 amide bonds. The van der Waals surface area contributed by atoms with Gasteiger partial charge in [-0.05, 0) is 48.1 Å². The average Bonchev–Trinajstić information content (AvgIpc) is 3.64. The summed E-state index contributed by atoms with van der Waals surface area (Å²) in [5.41, 5.74) is 5.86. The molecule has 0 bridgehead atoms. The van der Waals surface area contributed by atoms with Crippen molar-refractivity contribution in [2.45, 2.75) is 71.2 Å². The Labute approximate surface area is 237 Å². The highest BCUT2D eigenvalue weighted by Crippen LogP contribution is 2.32. The maximum atomic E-state index is 14.0. The van der Waals surface area contributed by atoms with Crippen molar-refractivity contribution in [2.75, 3.05) is 6.54 Å². The Kier molecular flexibility index (Phi) is 8.14. The molecule has 4 atom stereocenters. The first kappa shape index (κ1) is 28.1. The third kappa shape index (κ3) is 5.45. The van der Waals surface area contributed by atoms with Crippen LogP contribution in [0.25, 0.3) is 10.4 Å². The van der Waals surface area contributed by atoms with E-state index in [-0.39, 0.29) is 55.0 Å². The van der Waals surface area contributed by atoms with E-state index in [0.29, 0.717) is 18.4 Å². The third-order valence-electron chi connectivity index (χ3n) is 8.23. The van der Waals surface area contributed by atoms with Gasteiger partial charge >= 0.3 is 0 Å². The summed E-state index contributed by atoms with van der Waals surface area (Å²) in [7, 11) is 0. The first-order chi connectivity index (χ1) is 19.2. The van der Waals surface area contributed by atoms with E-state index in [0.717, 1.165) is 21.7 Å². The lowest BCUT2D eigenvalue weighted by atomic mass is 9.95. The van der Waals surface area contributed by atoms with Crippen LogP contribution < -0.4 is 0 Å². The van der Waals surface area contributed by atoms with Crippen molar-refractivity contribution in [1.82, 2.24) is 14.8 Å². The zero-order valence-corrected chi connectivity index (χ0v) is 23.8. The highest BCUT2D eigenvalue weighted by atomic mass is 32.1. The number of fused-ring (bicyclic) bond motifs is 1. The van der Waals surface area contributed by atoms with Gasteiger partial charge in [0.25, 0.3) is 5.91 Å². The molecule has 7 nitrogen and oxygen atoms in total. The van der Waals surface area contributed by atoms with Crippen molar-refractivity contribution < 1.29 is 23.9 Å². The number of benzene rings is 2. The van der Waals surface area contributed by atoms with Crippen LogP contribution in [-0.2, 0) is 22.6 Å². The largest absolute Gasteiger partial charge is 0.391 e. The lowest BCUT2D eigenvalue weighted by Gasteiger charge is -2.36. The number of ketones is 1. The molecule has 0 aliphatic carbocycles. The van der Waals surface area contributed by atoms with E-state index in [1.807, 2.05) is 50.5 Å². The number of thiazole rings is 1. The standard InChI is InChI=1S/C31H34FN3O4S/c1-4-18(2)28(35-15-22-10-11-23(32)13-25(22)30(35)38)31(39)34-16-24(36)14-26(34)27(37)12-7-20-5-8-21(9-6-20)29-19(3)33-17-40-29/h5-6,8-11,13,17-18,24,26,28,36H,4,7,12,14-16H2,1-3H3/t18-,24+,26-,28-/m0/s1. The summed E-state index contributed by atoms with van der Waals surface area (Å²) in [6.45, 7) is 6.09. The Morgan fingerprint density at radius 2 is 1.95 bits per heavy atom. The van der Waals surface area contributed by atoms with Crippen LogP contribution in [0.15, 0.2) is 48.0 Å². The maximum Gasteiger partial charge on any atom is 0.255 e. The lowest BCUT2D eigenvalue weighted by Crippen LogP contribution is -2.54. The predicted octanol–water partition coefficient (Wildman–Crippen LogP) is 4.79. The van der Waals surface area contributed by atoms with Crippen molar-refractivity contribution in [3.05, 3.63) is 76.2 Å². The lowest BCUT2D eigenvalue weighted by molar-refractivity contribution is -0.143. The van der Waals surface area contributed by atoms with Crippen LogP contribution in [0.2, 0.25) is 0 Å². The smallest absolute Gasteiger partial charge is 0.255 e. The molecule has 1 saturated heterocycles. The van der Waals surface area contributed by atoms with Gasteiger partial charge in [-0.15, -0.1) is 11.3 Å². The molecule has 40 heavy (non-hydrogen) atoms. The third-order valence-corrected chi connectivity index (χ3v) is 9.21. The molecule has 0 spiro atoms. The number of Topliss-reactive ketones (excluding diaryl/α,β-unsaturated/α-hetero) is 1. The number of β-amino-alcohol motifs (C(OH)–C–C–N with tert-alkyl or cyclic N) is 1. The highest BCUT2D eigenvalue weighted by molar-refractivity contribution is 7.13. The summed E-state index contributed by atoms with van der Waals surface area (Å²) in [5, 5.41) is 10.5. The molecule has 0 unspecified atom stereocenters. The van der Waals surface area contributed by atoms with Gasteiger partial charge in [0.05, 0.1) is 28.2 Å². The number of hydrogen-bond acceptors (Lipinski definition) is 6. The van der Waals surface area contributed by atoms with Crippen LogP contribution in [0, 0.1) is 18.7 Å². The number of aliphatic hydroxyl groups excluding tert-OH is 1. The number of aromatic nitrogens is 1. The molecule has 0 saturated carbocycles. The van der Waals surface area contributed by atoms with E-state index in [2.05, 4.69) is 4.98 Å². The van der Waals surface area contributed by atoms with Crippen molar-refractivity contribution in [2.24, 2.45) is 5.92 Å². The number of rotatable bonds is 9. The number of hydrogen-bond donors (Lipinski definition) is 1. The zero-order chi connectivity index (χ0) is 28.6. The summed E-state index contributed by atoms with van der Waals surface area (Å²) in [5.74, 6) is -1.51. The van der Waals surface area contributed by atoms with Crippen LogP contribution in [0.1, 0.15) is 60.3 Å². The molecular formula is C31H34FN3O4S. The number of carbonyl (C=O) groups is 3. The quantitative estimate of drug-likeness (QED) is 0.404. The minimum Gasteiger partial charge on any atom is -0.391 e. The molecule has 210 valence electrons. The second kappa shape index (κ2) is 11.6. The number of halogens is 1. The van der Waals surface area contributed by atoms with E-state index < -0.39 is 24.0 Å². The molecule has 2 aliphatic rings. The Bertz CT molecular complexity index is 1420. The Morgan fingerprint density at radius 1 is 1.20 bits per heavy atom. The van der Waals surface area contributed by atoms with Crippen LogP contribution in [0.3, 0.4) is 0 Å². The topological polar surface area (TPSA) is 90.8 Å². The van der Waals surface area contributed by atoms with Crippen LogP contribution in [-0.4, -0.2) is 62.2 Å². The first-order valence-electron chi connectivity index (χ1n) is 13.8. The van der Waals surface area contributed by atoms with E-state index in [1.165, 1.54) is 21.9 Å². The fourth-order valence-electron chi connectivity index (χ4n) is 5.80. The van der Waals surface area contributed by atoms with Crippen molar-refractivity contribution >= 4 is 28.9 Å². The number of carbonyl (C=O) groups excluding carboxylic acids is 3.